The quantitative estimate of drug-likeness (QED) is 0.839. The van der Waals surface area contributed by atoms with Crippen LogP contribution >= 0.6 is 0 Å². The predicted molar refractivity (Wildman–Crippen MR) is 92.1 cm³/mol. The van der Waals surface area contributed by atoms with Crippen LogP contribution in [-0.4, -0.2) is 37.2 Å². The fraction of sp³-hybridized carbons (Fsp3) is 0.611. The van der Waals surface area contributed by atoms with Crippen molar-refractivity contribution in [2.75, 3.05) is 18.8 Å². The lowest BCUT2D eigenvalue weighted by Gasteiger charge is -2.35. The Morgan fingerprint density at radius 2 is 2.08 bits per heavy atom. The second-order valence-electron chi connectivity index (χ2n) is 7.73. The molecule has 0 saturated carbocycles. The van der Waals surface area contributed by atoms with Gasteiger partial charge in [0.1, 0.15) is 11.4 Å². The molecule has 2 aliphatic rings. The van der Waals surface area contributed by atoms with E-state index in [9.17, 15) is 8.42 Å². The molecule has 5 nitrogen and oxygen atoms in total. The van der Waals surface area contributed by atoms with Crippen molar-refractivity contribution < 1.29 is 13.2 Å². The lowest BCUT2D eigenvalue weighted by atomic mass is 9.90. The molecule has 6 heteroatoms. The van der Waals surface area contributed by atoms with Crippen LogP contribution in [0.3, 0.4) is 0 Å². The first-order valence-corrected chi connectivity index (χ1v) is 9.98. The van der Waals surface area contributed by atoms with Gasteiger partial charge >= 0.3 is 0 Å². The Morgan fingerprint density at radius 3 is 2.83 bits per heavy atom. The number of para-hydroxylation sites is 1. The molecule has 1 aromatic rings. The van der Waals surface area contributed by atoms with Crippen LogP contribution in [0.2, 0.25) is 0 Å². The molecule has 2 heterocycles. The van der Waals surface area contributed by atoms with Gasteiger partial charge in [-0.25, -0.2) is 8.42 Å². The van der Waals surface area contributed by atoms with Gasteiger partial charge < -0.3 is 4.74 Å². The van der Waals surface area contributed by atoms with Gasteiger partial charge in [-0.05, 0) is 29.9 Å². The van der Waals surface area contributed by atoms with Gasteiger partial charge in [0, 0.05) is 19.4 Å². The fourth-order valence-corrected chi connectivity index (χ4v) is 5.71. The Balaban J connectivity index is 1.73. The second-order valence-corrected chi connectivity index (χ2v) is 9.70. The minimum atomic E-state index is -3.39. The topological polar surface area (TPSA) is 70.4 Å². The van der Waals surface area contributed by atoms with Gasteiger partial charge in [0.05, 0.1) is 18.4 Å². The third kappa shape index (κ3) is 3.42. The minimum absolute atomic E-state index is 0.000225. The SMILES string of the molecule is CC(C)(CC#N)CS(=O)(=O)N1CCC2(CCc3ccccc3O2)C1. The molecule has 0 amide bonds. The Hall–Kier alpha value is -1.58. The van der Waals surface area contributed by atoms with Crippen molar-refractivity contribution in [1.82, 2.24) is 4.31 Å². The number of hydrogen-bond donors (Lipinski definition) is 0. The maximum Gasteiger partial charge on any atom is 0.214 e. The van der Waals surface area contributed by atoms with Crippen LogP contribution in [0, 0.1) is 16.7 Å². The molecule has 0 aromatic heterocycles. The molecule has 3 rings (SSSR count). The number of aryl methyl sites for hydroxylation is 1. The highest BCUT2D eigenvalue weighted by Crippen LogP contribution is 2.39. The Labute approximate surface area is 144 Å². The normalized spacial score (nSPS) is 24.4. The molecule has 1 aromatic carbocycles. The maximum absolute atomic E-state index is 12.8. The van der Waals surface area contributed by atoms with Crippen molar-refractivity contribution in [1.29, 1.82) is 5.26 Å². The van der Waals surface area contributed by atoms with E-state index in [4.69, 9.17) is 10.00 Å². The molecule has 1 atom stereocenters. The molecule has 1 saturated heterocycles. The third-order valence-corrected chi connectivity index (χ3v) is 7.20. The van der Waals surface area contributed by atoms with Crippen molar-refractivity contribution in [2.24, 2.45) is 5.41 Å². The molecular formula is C18H24N2O3S. The Bertz CT molecular complexity index is 767. The lowest BCUT2D eigenvalue weighted by Crippen LogP contribution is -2.44. The van der Waals surface area contributed by atoms with Crippen LogP contribution in [0.25, 0.3) is 0 Å². The number of rotatable bonds is 4. The van der Waals surface area contributed by atoms with Crippen molar-refractivity contribution in [2.45, 2.75) is 45.1 Å². The number of benzene rings is 1. The van der Waals surface area contributed by atoms with Crippen LogP contribution in [0.4, 0.5) is 0 Å². The molecule has 0 bridgehead atoms. The third-order valence-electron chi connectivity index (χ3n) is 4.95. The summed E-state index contributed by atoms with van der Waals surface area (Å²) in [7, 11) is -3.39. The number of ether oxygens (including phenoxy) is 1. The zero-order chi connectivity index (χ0) is 17.4. The minimum Gasteiger partial charge on any atom is -0.486 e. The van der Waals surface area contributed by atoms with Gasteiger partial charge in [0.2, 0.25) is 10.0 Å². The lowest BCUT2D eigenvalue weighted by molar-refractivity contribution is 0.0611. The van der Waals surface area contributed by atoms with E-state index in [0.29, 0.717) is 13.1 Å². The number of nitrogens with zero attached hydrogens (tertiary/aromatic N) is 2. The molecule has 130 valence electrons. The first-order valence-electron chi connectivity index (χ1n) is 8.37. The Morgan fingerprint density at radius 1 is 1.33 bits per heavy atom. The molecule has 2 aliphatic heterocycles. The first kappa shape index (κ1) is 17.2. The van der Waals surface area contributed by atoms with Crippen molar-refractivity contribution >= 4 is 10.0 Å². The summed E-state index contributed by atoms with van der Waals surface area (Å²) < 4.78 is 33.3. The average molecular weight is 348 g/mol. The zero-order valence-corrected chi connectivity index (χ0v) is 15.1. The van der Waals surface area contributed by atoms with Crippen LogP contribution < -0.4 is 4.74 Å². The molecule has 24 heavy (non-hydrogen) atoms. The standard InChI is InChI=1S/C18H24N2O3S/c1-17(2,9-11-19)14-24(21,22)20-12-10-18(13-20)8-7-15-5-3-4-6-16(15)23-18/h3-6H,7-10,12-14H2,1-2H3. The van der Waals surface area contributed by atoms with E-state index in [2.05, 4.69) is 12.1 Å². The van der Waals surface area contributed by atoms with Gasteiger partial charge in [0.15, 0.2) is 0 Å². The smallest absolute Gasteiger partial charge is 0.214 e. The summed E-state index contributed by atoms with van der Waals surface area (Å²) >= 11 is 0. The predicted octanol–water partition coefficient (Wildman–Crippen LogP) is 2.73. The number of sulfonamides is 1. The van der Waals surface area contributed by atoms with Crippen LogP contribution in [0.1, 0.15) is 38.7 Å². The summed E-state index contributed by atoms with van der Waals surface area (Å²) in [5.74, 6) is 0.882. The molecule has 0 N–H and O–H groups in total. The van der Waals surface area contributed by atoms with E-state index in [1.54, 1.807) is 4.31 Å². The van der Waals surface area contributed by atoms with Crippen LogP contribution in [0.5, 0.6) is 5.75 Å². The van der Waals surface area contributed by atoms with E-state index in [1.807, 2.05) is 32.0 Å². The summed E-state index contributed by atoms with van der Waals surface area (Å²) in [4.78, 5) is 0. The van der Waals surface area contributed by atoms with Crippen LogP contribution in [0.15, 0.2) is 24.3 Å². The Kier molecular flexibility index (Phi) is 4.35. The van der Waals surface area contributed by atoms with E-state index in [0.717, 1.165) is 25.0 Å². The van der Waals surface area contributed by atoms with E-state index < -0.39 is 21.0 Å². The van der Waals surface area contributed by atoms with E-state index in [1.165, 1.54) is 5.56 Å². The van der Waals surface area contributed by atoms with Crippen LogP contribution in [-0.2, 0) is 16.4 Å². The highest BCUT2D eigenvalue weighted by atomic mass is 32.2. The summed E-state index contributed by atoms with van der Waals surface area (Å²) in [5.41, 5.74) is 0.254. The molecule has 0 aliphatic carbocycles. The molecule has 1 spiro atoms. The first-order chi connectivity index (χ1) is 11.3. The summed E-state index contributed by atoms with van der Waals surface area (Å²) in [6.45, 7) is 4.55. The maximum atomic E-state index is 12.8. The average Bonchev–Trinajstić information content (AvgIpc) is 2.90. The number of hydrogen-bond acceptors (Lipinski definition) is 4. The zero-order valence-electron chi connectivity index (χ0n) is 14.3. The van der Waals surface area contributed by atoms with E-state index in [-0.39, 0.29) is 12.2 Å². The summed E-state index contributed by atoms with van der Waals surface area (Å²) in [6, 6.07) is 10.1. The fourth-order valence-electron chi connectivity index (χ4n) is 3.64. The highest BCUT2D eigenvalue weighted by molar-refractivity contribution is 7.89. The molecule has 1 fully saturated rings. The number of fused-ring (bicyclic) bond motifs is 1. The monoisotopic (exact) mass is 348 g/mol. The molecule has 0 radical (unpaired) electrons. The van der Waals surface area contributed by atoms with Crippen molar-refractivity contribution in [3.63, 3.8) is 0 Å². The molecule has 1 unspecified atom stereocenters. The summed E-state index contributed by atoms with van der Waals surface area (Å²) in [5, 5.41) is 8.88. The second kappa shape index (κ2) is 6.05. The van der Waals surface area contributed by atoms with Gasteiger partial charge in [-0.3, -0.25) is 0 Å². The van der Waals surface area contributed by atoms with Crippen molar-refractivity contribution in [3.05, 3.63) is 29.8 Å². The van der Waals surface area contributed by atoms with Gasteiger partial charge in [-0.15, -0.1) is 0 Å². The number of nitriles is 1. The van der Waals surface area contributed by atoms with Gasteiger partial charge in [-0.2, -0.15) is 9.57 Å². The largest absolute Gasteiger partial charge is 0.486 e. The van der Waals surface area contributed by atoms with E-state index >= 15 is 0 Å². The van der Waals surface area contributed by atoms with Gasteiger partial charge in [-0.1, -0.05) is 32.0 Å². The molecular weight excluding hydrogens is 324 g/mol. The van der Waals surface area contributed by atoms with Gasteiger partial charge in [0.25, 0.3) is 0 Å². The van der Waals surface area contributed by atoms with Crippen molar-refractivity contribution in [3.8, 4) is 11.8 Å². The summed E-state index contributed by atoms with van der Waals surface area (Å²) in [6.07, 6.45) is 2.72. The highest BCUT2D eigenvalue weighted by Gasteiger charge is 2.46.